The van der Waals surface area contributed by atoms with Gasteiger partial charge in [-0.15, -0.1) is 0 Å². The molecule has 0 bridgehead atoms. The van der Waals surface area contributed by atoms with Gasteiger partial charge >= 0.3 is 0 Å². The lowest BCUT2D eigenvalue weighted by atomic mass is 9.99. The van der Waals surface area contributed by atoms with Crippen LogP contribution >= 0.6 is 11.3 Å². The number of aromatic nitrogens is 1. The number of Topliss-reactive ketones (excluding diaryl/α,β-unsaturated/α-hetero) is 1. The maximum atomic E-state index is 12.1. The van der Waals surface area contributed by atoms with Gasteiger partial charge in [0.1, 0.15) is 0 Å². The van der Waals surface area contributed by atoms with Gasteiger partial charge in [0.05, 0.1) is 11.1 Å². The number of rotatable bonds is 3. The first-order valence-corrected chi connectivity index (χ1v) is 6.85. The maximum Gasteiger partial charge on any atom is 0.180 e. The van der Waals surface area contributed by atoms with Crippen molar-refractivity contribution in [3.63, 3.8) is 0 Å². The largest absolute Gasteiger partial charge is 0.375 e. The third-order valence-electron chi connectivity index (χ3n) is 3.41. The fourth-order valence-electron chi connectivity index (χ4n) is 2.57. The molecule has 1 aromatic heterocycles. The van der Waals surface area contributed by atoms with Crippen LogP contribution in [0.1, 0.15) is 27.2 Å². The van der Waals surface area contributed by atoms with Crippen LogP contribution in [0, 0.1) is 5.92 Å². The summed E-state index contributed by atoms with van der Waals surface area (Å²) in [6, 6.07) is 8.44. The minimum Gasteiger partial charge on any atom is -0.375 e. The summed E-state index contributed by atoms with van der Waals surface area (Å²) >= 11 is 1.28. The van der Waals surface area contributed by atoms with Gasteiger partial charge in [0.2, 0.25) is 0 Å². The van der Waals surface area contributed by atoms with Crippen molar-refractivity contribution < 1.29 is 4.79 Å². The predicted octanol–water partition coefficient (Wildman–Crippen LogP) is 2.71. The molecule has 0 amide bonds. The topological polar surface area (TPSA) is 56.0 Å². The van der Waals surface area contributed by atoms with E-state index in [0.717, 1.165) is 12.8 Å². The summed E-state index contributed by atoms with van der Waals surface area (Å²) in [6.07, 6.45) is 4.20. The predicted molar refractivity (Wildman–Crippen MR) is 72.8 cm³/mol. The maximum absolute atomic E-state index is 12.1. The first-order chi connectivity index (χ1) is 8.72. The van der Waals surface area contributed by atoms with Crippen molar-refractivity contribution in [2.75, 3.05) is 5.73 Å². The molecule has 0 atom stereocenters. The van der Waals surface area contributed by atoms with Crippen molar-refractivity contribution >= 4 is 22.3 Å². The number of benzene rings is 1. The van der Waals surface area contributed by atoms with Crippen LogP contribution in [-0.2, 0) is 12.8 Å². The Morgan fingerprint density at radius 1 is 1.33 bits per heavy atom. The van der Waals surface area contributed by atoms with Crippen LogP contribution < -0.4 is 5.73 Å². The van der Waals surface area contributed by atoms with Crippen LogP contribution in [0.15, 0.2) is 30.5 Å². The number of thiazole rings is 1. The molecule has 0 saturated carbocycles. The van der Waals surface area contributed by atoms with Crippen molar-refractivity contribution in [3.8, 4) is 0 Å². The van der Waals surface area contributed by atoms with Crippen molar-refractivity contribution in [2.24, 2.45) is 5.92 Å². The lowest BCUT2D eigenvalue weighted by molar-refractivity contribution is 0.0966. The average Bonchev–Trinajstić information content (AvgIpc) is 2.94. The number of fused-ring (bicyclic) bond motifs is 1. The van der Waals surface area contributed by atoms with Crippen LogP contribution in [-0.4, -0.2) is 10.8 Å². The highest BCUT2D eigenvalue weighted by Gasteiger charge is 2.24. The summed E-state index contributed by atoms with van der Waals surface area (Å²) in [7, 11) is 0. The zero-order valence-electron chi connectivity index (χ0n) is 9.93. The highest BCUT2D eigenvalue weighted by molar-refractivity contribution is 7.17. The number of nitrogens with two attached hydrogens (primary N) is 1. The smallest absolute Gasteiger partial charge is 0.180 e. The van der Waals surface area contributed by atoms with Crippen LogP contribution in [0.25, 0.3) is 0 Å². The van der Waals surface area contributed by atoms with Crippen LogP contribution in [0.4, 0.5) is 5.13 Å². The molecule has 0 radical (unpaired) electrons. The van der Waals surface area contributed by atoms with Gasteiger partial charge in [-0.05, 0) is 29.9 Å². The van der Waals surface area contributed by atoms with Gasteiger partial charge in [-0.2, -0.15) is 0 Å². The van der Waals surface area contributed by atoms with E-state index in [1.165, 1.54) is 22.5 Å². The second-order valence-electron chi connectivity index (χ2n) is 4.73. The Bertz CT molecular complexity index is 566. The van der Waals surface area contributed by atoms with E-state index in [2.05, 4.69) is 29.2 Å². The SMILES string of the molecule is Nc1ncc(C(=O)CC2Cc3ccccc3C2)s1. The first-order valence-electron chi connectivity index (χ1n) is 6.03. The van der Waals surface area contributed by atoms with Crippen molar-refractivity contribution in [2.45, 2.75) is 19.3 Å². The van der Waals surface area contributed by atoms with E-state index in [9.17, 15) is 4.79 Å². The third-order valence-corrected chi connectivity index (χ3v) is 4.28. The molecule has 2 aromatic rings. The summed E-state index contributed by atoms with van der Waals surface area (Å²) in [6.45, 7) is 0. The number of carbonyl (C=O) groups excluding carboxylic acids is 1. The summed E-state index contributed by atoms with van der Waals surface area (Å²) in [5.41, 5.74) is 8.32. The number of nitrogens with zero attached hydrogens (tertiary/aromatic N) is 1. The number of ketones is 1. The molecule has 1 aliphatic rings. The molecule has 0 saturated heterocycles. The molecule has 2 N–H and O–H groups in total. The molecule has 0 aliphatic heterocycles. The van der Waals surface area contributed by atoms with Crippen LogP contribution in [0.3, 0.4) is 0 Å². The third kappa shape index (κ3) is 2.16. The van der Waals surface area contributed by atoms with E-state index < -0.39 is 0 Å². The summed E-state index contributed by atoms with van der Waals surface area (Å²) in [4.78, 5) is 16.7. The lowest BCUT2D eigenvalue weighted by Crippen LogP contribution is -2.07. The molecule has 0 fully saturated rings. The summed E-state index contributed by atoms with van der Waals surface area (Å²) < 4.78 is 0. The lowest BCUT2D eigenvalue weighted by Gasteiger charge is -2.05. The molecule has 4 heteroatoms. The van der Waals surface area contributed by atoms with Gasteiger partial charge in [-0.3, -0.25) is 4.79 Å². The molecule has 1 heterocycles. The number of carbonyl (C=O) groups is 1. The second-order valence-corrected chi connectivity index (χ2v) is 5.80. The Labute approximate surface area is 110 Å². The first kappa shape index (κ1) is 11.4. The molecular weight excluding hydrogens is 244 g/mol. The molecule has 1 aliphatic carbocycles. The number of hydrogen-bond acceptors (Lipinski definition) is 4. The molecule has 1 aromatic carbocycles. The van der Waals surface area contributed by atoms with Gasteiger partial charge in [0.25, 0.3) is 0 Å². The normalized spacial score (nSPS) is 14.7. The molecular formula is C14H14N2OS. The zero-order chi connectivity index (χ0) is 12.5. The highest BCUT2D eigenvalue weighted by Crippen LogP contribution is 2.30. The van der Waals surface area contributed by atoms with Gasteiger partial charge in [0, 0.05) is 6.42 Å². The van der Waals surface area contributed by atoms with E-state index in [-0.39, 0.29) is 5.78 Å². The molecule has 0 unspecified atom stereocenters. The van der Waals surface area contributed by atoms with Gasteiger partial charge in [0.15, 0.2) is 10.9 Å². The summed E-state index contributed by atoms with van der Waals surface area (Å²) in [5.74, 6) is 0.597. The van der Waals surface area contributed by atoms with Gasteiger partial charge < -0.3 is 5.73 Å². The fraction of sp³-hybridized carbons (Fsp3) is 0.286. The van der Waals surface area contributed by atoms with E-state index >= 15 is 0 Å². The summed E-state index contributed by atoms with van der Waals surface area (Å²) in [5, 5.41) is 0.466. The molecule has 92 valence electrons. The minimum absolute atomic E-state index is 0.169. The monoisotopic (exact) mass is 258 g/mol. The Hall–Kier alpha value is -1.68. The van der Waals surface area contributed by atoms with Gasteiger partial charge in [-0.1, -0.05) is 35.6 Å². The average molecular weight is 258 g/mol. The van der Waals surface area contributed by atoms with Crippen molar-refractivity contribution in [1.82, 2.24) is 4.98 Å². The fourth-order valence-corrected chi connectivity index (χ4v) is 3.21. The molecule has 3 nitrogen and oxygen atoms in total. The van der Waals surface area contributed by atoms with Gasteiger partial charge in [-0.25, -0.2) is 4.98 Å². The quantitative estimate of drug-likeness (QED) is 0.861. The Kier molecular flexibility index (Phi) is 2.88. The zero-order valence-corrected chi connectivity index (χ0v) is 10.7. The number of hydrogen-bond donors (Lipinski definition) is 1. The highest BCUT2D eigenvalue weighted by atomic mass is 32.1. The molecule has 3 rings (SSSR count). The van der Waals surface area contributed by atoms with Crippen molar-refractivity contribution in [3.05, 3.63) is 46.5 Å². The van der Waals surface area contributed by atoms with Crippen LogP contribution in [0.2, 0.25) is 0 Å². The number of nitrogen functional groups attached to an aromatic ring is 1. The van der Waals surface area contributed by atoms with E-state index in [0.29, 0.717) is 22.3 Å². The van der Waals surface area contributed by atoms with Crippen LogP contribution in [0.5, 0.6) is 0 Å². The van der Waals surface area contributed by atoms with E-state index in [1.807, 2.05) is 0 Å². The molecule has 0 spiro atoms. The Morgan fingerprint density at radius 2 is 2.00 bits per heavy atom. The van der Waals surface area contributed by atoms with E-state index in [1.54, 1.807) is 6.20 Å². The Balaban J connectivity index is 1.68. The van der Waals surface area contributed by atoms with Crippen molar-refractivity contribution in [1.29, 1.82) is 0 Å². The second kappa shape index (κ2) is 4.53. The number of anilines is 1. The minimum atomic E-state index is 0.169. The molecule has 18 heavy (non-hydrogen) atoms. The van der Waals surface area contributed by atoms with E-state index in [4.69, 9.17) is 5.73 Å². The standard InChI is InChI=1S/C14H14N2OS/c15-14-16-8-13(18-14)12(17)7-9-5-10-3-1-2-4-11(10)6-9/h1-4,8-9H,5-7H2,(H2,15,16). The Morgan fingerprint density at radius 3 is 2.56 bits per heavy atom.